The van der Waals surface area contributed by atoms with Gasteiger partial charge in [0.05, 0.1) is 24.5 Å². The third-order valence-corrected chi connectivity index (χ3v) is 2.66. The molecule has 0 aliphatic rings. The van der Waals surface area contributed by atoms with E-state index >= 15 is 0 Å². The summed E-state index contributed by atoms with van der Waals surface area (Å²) in [5.74, 6) is 0. The van der Waals surface area contributed by atoms with Crippen LogP contribution in [0.25, 0.3) is 0 Å². The SMILES string of the molecule is CC(C)(C)n1cc(CNc2cnns2)nn1. The van der Waals surface area contributed by atoms with Crippen molar-refractivity contribution in [3.05, 3.63) is 18.1 Å². The Morgan fingerprint density at radius 2 is 2.25 bits per heavy atom. The number of hydrogen-bond donors (Lipinski definition) is 1. The normalized spacial score (nSPS) is 11.7. The number of hydrogen-bond acceptors (Lipinski definition) is 6. The van der Waals surface area contributed by atoms with Crippen LogP contribution in [-0.2, 0) is 12.1 Å². The van der Waals surface area contributed by atoms with Crippen molar-refractivity contribution >= 4 is 16.5 Å². The van der Waals surface area contributed by atoms with Gasteiger partial charge in [-0.1, -0.05) is 9.70 Å². The van der Waals surface area contributed by atoms with Crippen LogP contribution < -0.4 is 5.32 Å². The lowest BCUT2D eigenvalue weighted by molar-refractivity contribution is 0.347. The van der Waals surface area contributed by atoms with E-state index in [-0.39, 0.29) is 5.54 Å². The lowest BCUT2D eigenvalue weighted by Gasteiger charge is -2.17. The standard InChI is InChI=1S/C9H14N6S/c1-9(2,3)15-6-7(12-13-15)4-10-8-5-11-14-16-8/h5-6,10H,4H2,1-3H3. The second kappa shape index (κ2) is 4.17. The van der Waals surface area contributed by atoms with Crippen LogP contribution in [0.15, 0.2) is 12.4 Å². The van der Waals surface area contributed by atoms with Crippen molar-refractivity contribution < 1.29 is 0 Å². The lowest BCUT2D eigenvalue weighted by atomic mass is 10.1. The fourth-order valence-electron chi connectivity index (χ4n) is 1.13. The molecule has 16 heavy (non-hydrogen) atoms. The summed E-state index contributed by atoms with van der Waals surface area (Å²) in [4.78, 5) is 0. The van der Waals surface area contributed by atoms with Gasteiger partial charge in [-0.3, -0.25) is 0 Å². The second-order valence-electron chi connectivity index (χ2n) is 4.46. The molecular weight excluding hydrogens is 224 g/mol. The average molecular weight is 238 g/mol. The molecule has 2 aromatic heterocycles. The van der Waals surface area contributed by atoms with Gasteiger partial charge in [-0.2, -0.15) is 0 Å². The highest BCUT2D eigenvalue weighted by Crippen LogP contribution is 2.13. The van der Waals surface area contributed by atoms with Crippen LogP contribution in [0.1, 0.15) is 26.5 Å². The molecule has 0 atom stereocenters. The smallest absolute Gasteiger partial charge is 0.130 e. The predicted molar refractivity (Wildman–Crippen MR) is 62.3 cm³/mol. The van der Waals surface area contributed by atoms with Crippen LogP contribution in [-0.4, -0.2) is 24.6 Å². The first-order chi connectivity index (χ1) is 7.55. The van der Waals surface area contributed by atoms with Crippen LogP contribution in [0.4, 0.5) is 5.00 Å². The van der Waals surface area contributed by atoms with Crippen molar-refractivity contribution in [2.24, 2.45) is 0 Å². The molecule has 0 spiro atoms. The van der Waals surface area contributed by atoms with Crippen molar-refractivity contribution in [1.82, 2.24) is 24.6 Å². The number of nitrogens with one attached hydrogen (secondary N) is 1. The Hall–Kier alpha value is -1.50. The molecule has 0 bridgehead atoms. The summed E-state index contributed by atoms with van der Waals surface area (Å²) >= 11 is 1.33. The van der Waals surface area contributed by atoms with Gasteiger partial charge in [0, 0.05) is 11.5 Å². The zero-order chi connectivity index (χ0) is 11.6. The molecular formula is C9H14N6S. The minimum atomic E-state index is -0.0305. The third kappa shape index (κ3) is 2.54. The lowest BCUT2D eigenvalue weighted by Crippen LogP contribution is -2.22. The first-order valence-electron chi connectivity index (χ1n) is 4.98. The Kier molecular flexibility index (Phi) is 2.86. The maximum Gasteiger partial charge on any atom is 0.130 e. The minimum absolute atomic E-state index is 0.0305. The topological polar surface area (TPSA) is 68.5 Å². The number of anilines is 1. The summed E-state index contributed by atoms with van der Waals surface area (Å²) in [7, 11) is 0. The molecule has 0 fully saturated rings. The van der Waals surface area contributed by atoms with Crippen LogP contribution in [0.5, 0.6) is 0 Å². The van der Waals surface area contributed by atoms with E-state index in [1.165, 1.54) is 11.5 Å². The molecule has 86 valence electrons. The molecule has 0 amide bonds. The van der Waals surface area contributed by atoms with Crippen molar-refractivity contribution in [1.29, 1.82) is 0 Å². The summed E-state index contributed by atoms with van der Waals surface area (Å²) in [5.41, 5.74) is 0.875. The van der Waals surface area contributed by atoms with Crippen LogP contribution in [0, 0.1) is 0 Å². The summed E-state index contributed by atoms with van der Waals surface area (Å²) in [5, 5.41) is 16.0. The summed E-state index contributed by atoms with van der Waals surface area (Å²) in [6.07, 6.45) is 3.64. The van der Waals surface area contributed by atoms with Gasteiger partial charge in [0.2, 0.25) is 0 Å². The first-order valence-corrected chi connectivity index (χ1v) is 5.76. The van der Waals surface area contributed by atoms with E-state index < -0.39 is 0 Å². The first kappa shape index (κ1) is 11.0. The monoisotopic (exact) mass is 238 g/mol. The Morgan fingerprint density at radius 3 is 2.81 bits per heavy atom. The van der Waals surface area contributed by atoms with E-state index in [0.29, 0.717) is 6.54 Å². The molecule has 1 N–H and O–H groups in total. The third-order valence-electron chi connectivity index (χ3n) is 2.03. The molecule has 0 aliphatic heterocycles. The molecule has 0 radical (unpaired) electrons. The highest BCUT2D eigenvalue weighted by Gasteiger charge is 2.14. The molecule has 2 heterocycles. The largest absolute Gasteiger partial charge is 0.369 e. The highest BCUT2D eigenvalue weighted by atomic mass is 32.1. The van der Waals surface area contributed by atoms with Gasteiger partial charge in [0.15, 0.2) is 0 Å². The fraction of sp³-hybridized carbons (Fsp3) is 0.556. The summed E-state index contributed by atoms with van der Waals surface area (Å²) < 4.78 is 5.62. The van der Waals surface area contributed by atoms with E-state index in [1.54, 1.807) is 6.20 Å². The minimum Gasteiger partial charge on any atom is -0.369 e. The molecule has 2 rings (SSSR count). The van der Waals surface area contributed by atoms with Gasteiger partial charge in [0.25, 0.3) is 0 Å². The maximum absolute atomic E-state index is 4.10. The zero-order valence-corrected chi connectivity index (χ0v) is 10.3. The predicted octanol–water partition coefficient (Wildman–Crippen LogP) is 1.50. The molecule has 0 saturated heterocycles. The van der Waals surface area contributed by atoms with E-state index in [1.807, 2.05) is 10.9 Å². The van der Waals surface area contributed by atoms with Gasteiger partial charge < -0.3 is 5.32 Å². The molecule has 0 saturated carbocycles. The van der Waals surface area contributed by atoms with E-state index in [0.717, 1.165) is 10.7 Å². The fourth-order valence-corrected chi connectivity index (χ4v) is 1.54. The van der Waals surface area contributed by atoms with E-state index in [2.05, 4.69) is 46.0 Å². The summed E-state index contributed by atoms with van der Waals surface area (Å²) in [6.45, 7) is 6.91. The van der Waals surface area contributed by atoms with Crippen molar-refractivity contribution in [3.63, 3.8) is 0 Å². The molecule has 0 aliphatic carbocycles. The van der Waals surface area contributed by atoms with Crippen molar-refractivity contribution in [3.8, 4) is 0 Å². The van der Waals surface area contributed by atoms with Gasteiger partial charge in [0.1, 0.15) is 10.7 Å². The van der Waals surface area contributed by atoms with Gasteiger partial charge in [-0.15, -0.1) is 10.2 Å². The van der Waals surface area contributed by atoms with Crippen molar-refractivity contribution in [2.75, 3.05) is 5.32 Å². The Bertz CT molecular complexity index is 441. The van der Waals surface area contributed by atoms with Crippen LogP contribution in [0.2, 0.25) is 0 Å². The molecule has 6 nitrogen and oxygen atoms in total. The summed E-state index contributed by atoms with van der Waals surface area (Å²) in [6, 6.07) is 0. The van der Waals surface area contributed by atoms with Crippen LogP contribution in [0.3, 0.4) is 0 Å². The number of aromatic nitrogens is 5. The second-order valence-corrected chi connectivity index (χ2v) is 5.25. The van der Waals surface area contributed by atoms with Crippen molar-refractivity contribution in [2.45, 2.75) is 32.9 Å². The van der Waals surface area contributed by atoms with E-state index in [4.69, 9.17) is 0 Å². The molecule has 7 heteroatoms. The van der Waals surface area contributed by atoms with Gasteiger partial charge >= 0.3 is 0 Å². The molecule has 0 aromatic carbocycles. The Labute approximate surface area is 97.8 Å². The quantitative estimate of drug-likeness (QED) is 0.877. The Balaban J connectivity index is 1.98. The van der Waals surface area contributed by atoms with Gasteiger partial charge in [-0.25, -0.2) is 4.68 Å². The highest BCUT2D eigenvalue weighted by molar-refractivity contribution is 7.09. The average Bonchev–Trinajstić information content (AvgIpc) is 2.85. The Morgan fingerprint density at radius 1 is 1.44 bits per heavy atom. The van der Waals surface area contributed by atoms with E-state index in [9.17, 15) is 0 Å². The maximum atomic E-state index is 4.10. The number of nitrogens with zero attached hydrogens (tertiary/aromatic N) is 5. The van der Waals surface area contributed by atoms with Gasteiger partial charge in [-0.05, 0) is 20.8 Å². The molecule has 0 unspecified atom stereocenters. The zero-order valence-electron chi connectivity index (χ0n) is 9.51. The molecule has 2 aromatic rings. The van der Waals surface area contributed by atoms with Crippen LogP contribution >= 0.6 is 11.5 Å². The number of rotatable bonds is 3.